The van der Waals surface area contributed by atoms with Crippen LogP contribution in [0.4, 0.5) is 5.69 Å². The summed E-state index contributed by atoms with van der Waals surface area (Å²) in [6.07, 6.45) is 4.26. The molecule has 2 atom stereocenters. The summed E-state index contributed by atoms with van der Waals surface area (Å²) < 4.78 is 18.3. The van der Waals surface area contributed by atoms with Crippen LogP contribution < -0.4 is 20.3 Å². The summed E-state index contributed by atoms with van der Waals surface area (Å²) in [5.74, 6) is 1.26. The fourth-order valence-corrected chi connectivity index (χ4v) is 5.90. The van der Waals surface area contributed by atoms with Gasteiger partial charge in [-0.05, 0) is 66.3 Å². The highest BCUT2D eigenvalue weighted by atomic mass is 16.5. The summed E-state index contributed by atoms with van der Waals surface area (Å²) >= 11 is 0. The third kappa shape index (κ3) is 8.81. The number of fused-ring (bicyclic) bond motifs is 1. The van der Waals surface area contributed by atoms with E-state index in [1.54, 1.807) is 6.92 Å². The number of carbonyl (C=O) groups is 1. The van der Waals surface area contributed by atoms with E-state index in [2.05, 4.69) is 70.1 Å². The van der Waals surface area contributed by atoms with Crippen LogP contribution in [0.15, 0.2) is 72.8 Å². The number of amides is 1. The van der Waals surface area contributed by atoms with Crippen molar-refractivity contribution in [2.75, 3.05) is 50.8 Å². The molecule has 0 aromatic heterocycles. The summed E-state index contributed by atoms with van der Waals surface area (Å²) in [7, 11) is 0. The van der Waals surface area contributed by atoms with Gasteiger partial charge in [0.15, 0.2) is 0 Å². The lowest BCUT2D eigenvalue weighted by atomic mass is 9.87. The Labute approximate surface area is 250 Å². The Morgan fingerprint density at radius 3 is 2.69 bits per heavy atom. The fourth-order valence-electron chi connectivity index (χ4n) is 5.90. The molecule has 0 spiro atoms. The zero-order valence-corrected chi connectivity index (χ0v) is 24.9. The smallest absolute Gasteiger partial charge is 0.216 e. The van der Waals surface area contributed by atoms with Crippen molar-refractivity contribution in [2.45, 2.75) is 57.8 Å². The number of aryl methyl sites for hydroxylation is 1. The minimum absolute atomic E-state index is 0.0208. The van der Waals surface area contributed by atoms with Crippen LogP contribution in [0.1, 0.15) is 54.4 Å². The quantitative estimate of drug-likeness (QED) is 0.259. The van der Waals surface area contributed by atoms with E-state index in [9.17, 15) is 4.79 Å². The number of nitrogens with one attached hydrogen (secondary N) is 2. The molecule has 5 rings (SSSR count). The number of rotatable bonds is 14. The molecule has 0 unspecified atom stereocenters. The molecule has 3 aromatic rings. The average Bonchev–Trinajstić information content (AvgIpc) is 3.02. The molecule has 224 valence electrons. The molecular formula is C35H45N3O4. The van der Waals surface area contributed by atoms with Gasteiger partial charge in [-0.15, -0.1) is 0 Å². The number of hydrogen-bond donors (Lipinski definition) is 2. The highest BCUT2D eigenvalue weighted by Crippen LogP contribution is 2.31. The molecule has 7 nitrogen and oxygen atoms in total. The Morgan fingerprint density at radius 2 is 1.86 bits per heavy atom. The van der Waals surface area contributed by atoms with Gasteiger partial charge in [-0.3, -0.25) is 4.79 Å². The first kappa shape index (κ1) is 30.1. The van der Waals surface area contributed by atoms with Crippen LogP contribution in [0.2, 0.25) is 0 Å². The molecule has 0 bridgehead atoms. The largest absolute Gasteiger partial charge is 0.494 e. The van der Waals surface area contributed by atoms with Crippen LogP contribution in [0.3, 0.4) is 0 Å². The van der Waals surface area contributed by atoms with Crippen molar-refractivity contribution < 1.29 is 19.0 Å². The molecule has 1 saturated heterocycles. The SMILES string of the molecule is CC(=O)NCCN1CCCc2ccc(CO[C@H]3CNCC[C@@H]3c3ccc(OCCCOCc4ccccc4)cc3)cc21. The molecule has 0 saturated carbocycles. The average molecular weight is 572 g/mol. The van der Waals surface area contributed by atoms with Crippen LogP contribution in [-0.2, 0) is 33.9 Å². The number of piperidine rings is 1. The summed E-state index contributed by atoms with van der Waals surface area (Å²) in [6.45, 7) is 8.47. The minimum atomic E-state index is 0.0208. The molecular weight excluding hydrogens is 526 g/mol. The van der Waals surface area contributed by atoms with Gasteiger partial charge in [-0.1, -0.05) is 54.6 Å². The molecule has 2 N–H and O–H groups in total. The van der Waals surface area contributed by atoms with Crippen molar-refractivity contribution in [3.8, 4) is 5.75 Å². The van der Waals surface area contributed by atoms with Gasteiger partial charge in [0.1, 0.15) is 5.75 Å². The second-order valence-electron chi connectivity index (χ2n) is 11.3. The minimum Gasteiger partial charge on any atom is -0.494 e. The number of anilines is 1. The number of nitrogens with zero attached hydrogens (tertiary/aromatic N) is 1. The number of ether oxygens (including phenoxy) is 3. The zero-order chi connectivity index (χ0) is 29.0. The van der Waals surface area contributed by atoms with Gasteiger partial charge in [0.2, 0.25) is 5.91 Å². The topological polar surface area (TPSA) is 72.1 Å². The van der Waals surface area contributed by atoms with E-state index in [0.29, 0.717) is 38.9 Å². The predicted octanol–water partition coefficient (Wildman–Crippen LogP) is 5.22. The maximum absolute atomic E-state index is 11.3. The van der Waals surface area contributed by atoms with E-state index in [1.165, 1.54) is 27.9 Å². The first-order valence-corrected chi connectivity index (χ1v) is 15.4. The second kappa shape index (κ2) is 15.7. The van der Waals surface area contributed by atoms with Gasteiger partial charge in [-0.25, -0.2) is 0 Å². The highest BCUT2D eigenvalue weighted by molar-refractivity contribution is 5.72. The van der Waals surface area contributed by atoms with E-state index in [1.807, 2.05) is 18.2 Å². The first-order chi connectivity index (χ1) is 20.7. The molecule has 2 heterocycles. The maximum atomic E-state index is 11.3. The first-order valence-electron chi connectivity index (χ1n) is 15.4. The zero-order valence-electron chi connectivity index (χ0n) is 24.9. The molecule has 1 fully saturated rings. The lowest BCUT2D eigenvalue weighted by Crippen LogP contribution is -2.41. The van der Waals surface area contributed by atoms with Crippen molar-refractivity contribution in [1.82, 2.24) is 10.6 Å². The number of benzene rings is 3. The van der Waals surface area contributed by atoms with Gasteiger partial charge in [0.25, 0.3) is 0 Å². The lowest BCUT2D eigenvalue weighted by Gasteiger charge is -2.33. The van der Waals surface area contributed by atoms with Gasteiger partial charge in [-0.2, -0.15) is 0 Å². The molecule has 3 aromatic carbocycles. The molecule has 2 aliphatic rings. The summed E-state index contributed by atoms with van der Waals surface area (Å²) in [6, 6.07) is 25.5. The van der Waals surface area contributed by atoms with E-state index >= 15 is 0 Å². The van der Waals surface area contributed by atoms with Crippen LogP contribution in [0.25, 0.3) is 0 Å². The fraction of sp³-hybridized carbons (Fsp3) is 0.457. The van der Waals surface area contributed by atoms with Gasteiger partial charge < -0.3 is 29.7 Å². The maximum Gasteiger partial charge on any atom is 0.216 e. The summed E-state index contributed by atoms with van der Waals surface area (Å²) in [5.41, 5.74) is 6.35. The van der Waals surface area contributed by atoms with Crippen LogP contribution in [0.5, 0.6) is 5.75 Å². The van der Waals surface area contributed by atoms with Crippen molar-refractivity contribution in [3.63, 3.8) is 0 Å². The molecule has 0 aliphatic carbocycles. The normalized spacial score (nSPS) is 18.4. The summed E-state index contributed by atoms with van der Waals surface area (Å²) in [4.78, 5) is 13.7. The molecule has 42 heavy (non-hydrogen) atoms. The van der Waals surface area contributed by atoms with E-state index < -0.39 is 0 Å². The Kier molecular flexibility index (Phi) is 11.3. The highest BCUT2D eigenvalue weighted by Gasteiger charge is 2.27. The van der Waals surface area contributed by atoms with Crippen LogP contribution in [-0.4, -0.2) is 57.9 Å². The molecule has 2 aliphatic heterocycles. The van der Waals surface area contributed by atoms with Crippen molar-refractivity contribution in [3.05, 3.63) is 95.1 Å². The van der Waals surface area contributed by atoms with Gasteiger partial charge >= 0.3 is 0 Å². The van der Waals surface area contributed by atoms with Crippen LogP contribution >= 0.6 is 0 Å². The van der Waals surface area contributed by atoms with Crippen molar-refractivity contribution >= 4 is 11.6 Å². The van der Waals surface area contributed by atoms with Crippen molar-refractivity contribution in [2.24, 2.45) is 0 Å². The monoisotopic (exact) mass is 571 g/mol. The van der Waals surface area contributed by atoms with E-state index in [4.69, 9.17) is 14.2 Å². The standard InChI is InChI=1S/C35H45N3O4/c1-27(39)37-18-20-38-19-5-9-31-11-10-29(23-34(31)38)26-42-35-24-36-17-16-33(35)30-12-14-32(15-13-30)41-22-6-21-40-25-28-7-3-2-4-8-28/h2-4,7-8,10-15,23,33,35-36H,5-6,9,16-22,24-26H2,1H3,(H,37,39)/t33-,35+/m1/s1. The van der Waals surface area contributed by atoms with E-state index in [-0.39, 0.29) is 12.0 Å². The van der Waals surface area contributed by atoms with Crippen molar-refractivity contribution in [1.29, 1.82) is 0 Å². The molecule has 0 radical (unpaired) electrons. The number of hydrogen-bond acceptors (Lipinski definition) is 6. The van der Waals surface area contributed by atoms with Gasteiger partial charge in [0, 0.05) is 51.1 Å². The third-order valence-electron chi connectivity index (χ3n) is 8.13. The third-order valence-corrected chi connectivity index (χ3v) is 8.13. The Hall–Kier alpha value is -3.39. The number of carbonyl (C=O) groups excluding carboxylic acids is 1. The van der Waals surface area contributed by atoms with Gasteiger partial charge in [0.05, 0.1) is 32.5 Å². The summed E-state index contributed by atoms with van der Waals surface area (Å²) in [5, 5.41) is 6.45. The molecule has 1 amide bonds. The van der Waals surface area contributed by atoms with E-state index in [0.717, 1.165) is 57.6 Å². The Morgan fingerprint density at radius 1 is 1.00 bits per heavy atom. The Bertz CT molecular complexity index is 1250. The molecule has 7 heteroatoms. The van der Waals surface area contributed by atoms with Crippen LogP contribution in [0, 0.1) is 0 Å². The predicted molar refractivity (Wildman–Crippen MR) is 167 cm³/mol. The lowest BCUT2D eigenvalue weighted by molar-refractivity contribution is -0.118. The second-order valence-corrected chi connectivity index (χ2v) is 11.3. The Balaban J connectivity index is 1.09.